The number of carbonyl (C=O) groups excluding carboxylic acids is 2. The first-order valence-corrected chi connectivity index (χ1v) is 10.9. The molecule has 0 bridgehead atoms. The number of rotatable bonds is 4. The van der Waals surface area contributed by atoms with Crippen LogP contribution in [0.5, 0.6) is 0 Å². The zero-order valence-corrected chi connectivity index (χ0v) is 18.7. The van der Waals surface area contributed by atoms with Gasteiger partial charge in [0, 0.05) is 42.3 Å². The van der Waals surface area contributed by atoms with Crippen molar-refractivity contribution in [2.45, 2.75) is 26.7 Å². The average Bonchev–Trinajstić information content (AvgIpc) is 3.09. The van der Waals surface area contributed by atoms with Gasteiger partial charge in [0.25, 0.3) is 5.91 Å². The van der Waals surface area contributed by atoms with E-state index in [-0.39, 0.29) is 23.5 Å². The lowest BCUT2D eigenvalue weighted by Crippen LogP contribution is -2.41. The standard InChI is InChI=1S/C24H24ClFN4O2/c1-15-13-21(16(2)30(15)20-6-4-19(26)5-7-20)24(32)29-11-9-17(10-12-29)23(31)28-22-8-3-18(25)14-27-22/h3-8,13-14,17H,9-12H2,1-2H3,(H,27,28,31). The number of nitrogens with zero attached hydrogens (tertiary/aromatic N) is 3. The number of carbonyl (C=O) groups is 2. The first-order valence-electron chi connectivity index (χ1n) is 10.5. The molecule has 1 fully saturated rings. The molecule has 2 aromatic heterocycles. The van der Waals surface area contributed by atoms with Gasteiger partial charge in [-0.25, -0.2) is 9.37 Å². The summed E-state index contributed by atoms with van der Waals surface area (Å²) in [6, 6.07) is 11.4. The molecule has 0 radical (unpaired) electrons. The van der Waals surface area contributed by atoms with Gasteiger partial charge in [-0.15, -0.1) is 0 Å². The van der Waals surface area contributed by atoms with Crippen LogP contribution in [0.25, 0.3) is 5.69 Å². The summed E-state index contributed by atoms with van der Waals surface area (Å²) >= 11 is 5.83. The van der Waals surface area contributed by atoms with Gasteiger partial charge in [-0.05, 0) is 69.2 Å². The summed E-state index contributed by atoms with van der Waals surface area (Å²) in [5.74, 6) is -0.160. The highest BCUT2D eigenvalue weighted by molar-refractivity contribution is 6.30. The fraction of sp³-hybridized carbons (Fsp3) is 0.292. The fourth-order valence-electron chi connectivity index (χ4n) is 4.16. The summed E-state index contributed by atoms with van der Waals surface area (Å²) < 4.78 is 15.2. The van der Waals surface area contributed by atoms with Crippen molar-refractivity contribution in [3.8, 4) is 5.69 Å². The lowest BCUT2D eigenvalue weighted by molar-refractivity contribution is -0.121. The maximum atomic E-state index is 13.3. The third-order valence-electron chi connectivity index (χ3n) is 5.88. The minimum atomic E-state index is -0.300. The quantitative estimate of drug-likeness (QED) is 0.617. The van der Waals surface area contributed by atoms with Crippen molar-refractivity contribution in [2.24, 2.45) is 5.92 Å². The molecule has 1 aliphatic rings. The molecule has 32 heavy (non-hydrogen) atoms. The van der Waals surface area contributed by atoms with E-state index in [9.17, 15) is 14.0 Å². The number of benzene rings is 1. The molecular formula is C24H24ClFN4O2. The molecule has 6 nitrogen and oxygen atoms in total. The summed E-state index contributed by atoms with van der Waals surface area (Å²) in [5.41, 5.74) is 3.15. The molecule has 1 N–H and O–H groups in total. The number of nitrogens with one attached hydrogen (secondary N) is 1. The van der Waals surface area contributed by atoms with E-state index in [0.29, 0.717) is 42.3 Å². The monoisotopic (exact) mass is 454 g/mol. The third kappa shape index (κ3) is 4.53. The highest BCUT2D eigenvalue weighted by Gasteiger charge is 2.29. The Labute approximate surface area is 191 Å². The van der Waals surface area contributed by atoms with Crippen LogP contribution in [0.15, 0.2) is 48.7 Å². The topological polar surface area (TPSA) is 67.2 Å². The van der Waals surface area contributed by atoms with E-state index in [2.05, 4.69) is 10.3 Å². The van der Waals surface area contributed by atoms with Crippen LogP contribution >= 0.6 is 11.6 Å². The second-order valence-electron chi connectivity index (χ2n) is 8.01. The number of pyridine rings is 1. The highest BCUT2D eigenvalue weighted by Crippen LogP contribution is 2.25. The minimum absolute atomic E-state index is 0.0512. The van der Waals surface area contributed by atoms with Gasteiger partial charge in [0.2, 0.25) is 5.91 Å². The van der Waals surface area contributed by atoms with E-state index in [1.54, 1.807) is 29.2 Å². The van der Waals surface area contributed by atoms with Gasteiger partial charge >= 0.3 is 0 Å². The van der Waals surface area contributed by atoms with E-state index in [1.165, 1.54) is 18.3 Å². The summed E-state index contributed by atoms with van der Waals surface area (Å²) in [7, 11) is 0. The molecule has 0 saturated carbocycles. The predicted octanol–water partition coefficient (Wildman–Crippen LogP) is 4.77. The molecule has 4 rings (SSSR count). The van der Waals surface area contributed by atoms with E-state index < -0.39 is 0 Å². The van der Waals surface area contributed by atoms with E-state index in [0.717, 1.165) is 17.1 Å². The Morgan fingerprint density at radius 2 is 1.78 bits per heavy atom. The lowest BCUT2D eigenvalue weighted by Gasteiger charge is -2.31. The SMILES string of the molecule is Cc1cc(C(=O)N2CCC(C(=O)Nc3ccc(Cl)cn3)CC2)c(C)n1-c1ccc(F)cc1. The Kier molecular flexibility index (Phi) is 6.28. The van der Waals surface area contributed by atoms with Crippen molar-refractivity contribution in [3.63, 3.8) is 0 Å². The fourth-order valence-corrected chi connectivity index (χ4v) is 4.27. The van der Waals surface area contributed by atoms with Gasteiger partial charge in [-0.2, -0.15) is 0 Å². The highest BCUT2D eigenvalue weighted by atomic mass is 35.5. The number of hydrogen-bond donors (Lipinski definition) is 1. The van der Waals surface area contributed by atoms with Crippen LogP contribution in [0, 0.1) is 25.6 Å². The van der Waals surface area contributed by atoms with Crippen LogP contribution in [-0.2, 0) is 4.79 Å². The minimum Gasteiger partial charge on any atom is -0.339 e. The number of aryl methyl sites for hydroxylation is 1. The smallest absolute Gasteiger partial charge is 0.255 e. The molecule has 2 amide bonds. The van der Waals surface area contributed by atoms with Crippen molar-refractivity contribution in [1.29, 1.82) is 0 Å². The van der Waals surface area contributed by atoms with Crippen LogP contribution in [0.2, 0.25) is 5.02 Å². The Morgan fingerprint density at radius 1 is 1.09 bits per heavy atom. The molecule has 3 heterocycles. The maximum Gasteiger partial charge on any atom is 0.255 e. The number of halogens is 2. The Hall–Kier alpha value is -3.19. The molecule has 1 aliphatic heterocycles. The second kappa shape index (κ2) is 9.12. The molecule has 0 aliphatic carbocycles. The number of anilines is 1. The van der Waals surface area contributed by atoms with Crippen LogP contribution in [0.4, 0.5) is 10.2 Å². The molecule has 0 atom stereocenters. The van der Waals surface area contributed by atoms with E-state index >= 15 is 0 Å². The van der Waals surface area contributed by atoms with Gasteiger partial charge in [-0.3, -0.25) is 9.59 Å². The molecule has 0 unspecified atom stereocenters. The third-order valence-corrected chi connectivity index (χ3v) is 6.10. The summed E-state index contributed by atoms with van der Waals surface area (Å²) in [4.78, 5) is 31.7. The Bertz CT molecular complexity index is 1130. The van der Waals surface area contributed by atoms with Gasteiger partial charge in [0.05, 0.1) is 10.6 Å². The van der Waals surface area contributed by atoms with Gasteiger partial charge in [0.15, 0.2) is 0 Å². The number of hydrogen-bond acceptors (Lipinski definition) is 3. The zero-order valence-electron chi connectivity index (χ0n) is 17.9. The molecular weight excluding hydrogens is 431 g/mol. The zero-order chi connectivity index (χ0) is 22.8. The van der Waals surface area contributed by atoms with Crippen LogP contribution in [0.3, 0.4) is 0 Å². The van der Waals surface area contributed by atoms with Crippen molar-refractivity contribution in [1.82, 2.24) is 14.5 Å². The summed E-state index contributed by atoms with van der Waals surface area (Å²) in [6.45, 7) is 4.83. The van der Waals surface area contributed by atoms with Crippen molar-refractivity contribution in [2.75, 3.05) is 18.4 Å². The molecule has 8 heteroatoms. The second-order valence-corrected chi connectivity index (χ2v) is 8.45. The van der Waals surface area contributed by atoms with E-state index in [1.807, 2.05) is 24.5 Å². The number of amides is 2. The van der Waals surface area contributed by atoms with Gasteiger partial charge in [-0.1, -0.05) is 11.6 Å². The van der Waals surface area contributed by atoms with Crippen LogP contribution in [0.1, 0.15) is 34.6 Å². The van der Waals surface area contributed by atoms with Crippen molar-refractivity contribution >= 4 is 29.2 Å². The summed E-state index contributed by atoms with van der Waals surface area (Å²) in [5, 5.41) is 3.32. The lowest BCUT2D eigenvalue weighted by atomic mass is 9.95. The van der Waals surface area contributed by atoms with Gasteiger partial charge in [0.1, 0.15) is 11.6 Å². The predicted molar refractivity (Wildman–Crippen MR) is 122 cm³/mol. The number of likely N-dealkylation sites (tertiary alicyclic amines) is 1. The average molecular weight is 455 g/mol. The molecule has 3 aromatic rings. The number of aromatic nitrogens is 2. The van der Waals surface area contributed by atoms with Crippen molar-refractivity contribution in [3.05, 3.63) is 76.5 Å². The van der Waals surface area contributed by atoms with Gasteiger partial charge < -0.3 is 14.8 Å². The molecule has 1 saturated heterocycles. The normalized spacial score (nSPS) is 14.4. The van der Waals surface area contributed by atoms with E-state index in [4.69, 9.17) is 11.6 Å². The maximum absolute atomic E-state index is 13.3. The largest absolute Gasteiger partial charge is 0.339 e. The number of piperidine rings is 1. The Morgan fingerprint density at radius 3 is 2.41 bits per heavy atom. The molecule has 0 spiro atoms. The first kappa shape index (κ1) is 22.0. The molecule has 166 valence electrons. The van der Waals surface area contributed by atoms with Crippen LogP contribution in [-0.4, -0.2) is 39.4 Å². The first-order chi connectivity index (χ1) is 15.3. The van der Waals surface area contributed by atoms with Crippen LogP contribution < -0.4 is 5.32 Å². The van der Waals surface area contributed by atoms with Crippen molar-refractivity contribution < 1.29 is 14.0 Å². The summed E-state index contributed by atoms with van der Waals surface area (Å²) in [6.07, 6.45) is 2.66. The Balaban J connectivity index is 1.41. The molecule has 1 aromatic carbocycles.